The summed E-state index contributed by atoms with van der Waals surface area (Å²) in [4.78, 5) is 28.4. The average molecular weight is 397 g/mol. The number of nitrogens with two attached hydrogens (primary N) is 1. The zero-order valence-corrected chi connectivity index (χ0v) is 16.8. The summed E-state index contributed by atoms with van der Waals surface area (Å²) < 4.78 is 10.9. The van der Waals surface area contributed by atoms with Crippen molar-refractivity contribution in [2.75, 3.05) is 39.9 Å². The van der Waals surface area contributed by atoms with E-state index in [1.54, 1.807) is 23.1 Å². The molecule has 1 atom stereocenters. The number of nitrogens with zero attached hydrogens (tertiary/aromatic N) is 2. The zero-order chi connectivity index (χ0) is 20.8. The third kappa shape index (κ3) is 4.86. The molecule has 154 valence electrons. The molecule has 0 bridgehead atoms. The number of benzene rings is 2. The molecule has 1 saturated heterocycles. The van der Waals surface area contributed by atoms with Gasteiger partial charge < -0.3 is 20.1 Å². The van der Waals surface area contributed by atoms with Crippen LogP contribution in [0.4, 0.5) is 0 Å². The van der Waals surface area contributed by atoms with Crippen LogP contribution in [0.3, 0.4) is 0 Å². The first-order chi connectivity index (χ1) is 14.0. The maximum Gasteiger partial charge on any atom is 0.260 e. The van der Waals surface area contributed by atoms with Gasteiger partial charge in [-0.2, -0.15) is 0 Å². The van der Waals surface area contributed by atoms with Crippen LogP contribution in [-0.2, 0) is 4.79 Å². The third-order valence-corrected chi connectivity index (χ3v) is 5.30. The van der Waals surface area contributed by atoms with Crippen molar-refractivity contribution < 1.29 is 19.1 Å². The molecule has 0 radical (unpaired) electrons. The van der Waals surface area contributed by atoms with Gasteiger partial charge in [-0.05, 0) is 24.6 Å². The number of para-hydroxylation sites is 1. The number of rotatable bonds is 7. The number of methoxy groups -OCH3 is 1. The Morgan fingerprint density at radius 2 is 1.72 bits per heavy atom. The van der Waals surface area contributed by atoms with E-state index in [9.17, 15) is 9.59 Å². The minimum atomic E-state index is -0.630. The molecule has 2 N–H and O–H groups in total. The fourth-order valence-corrected chi connectivity index (χ4v) is 3.55. The third-order valence-electron chi connectivity index (χ3n) is 5.30. The molecule has 2 aromatic carbocycles. The molecule has 0 saturated carbocycles. The van der Waals surface area contributed by atoms with Gasteiger partial charge in [-0.15, -0.1) is 0 Å². The van der Waals surface area contributed by atoms with Crippen LogP contribution in [0.5, 0.6) is 11.5 Å². The summed E-state index contributed by atoms with van der Waals surface area (Å²) in [6, 6.07) is 15.5. The molecule has 0 aromatic heterocycles. The minimum Gasteiger partial charge on any atom is -0.493 e. The molecular weight excluding hydrogens is 370 g/mol. The Morgan fingerprint density at radius 1 is 1.03 bits per heavy atom. The van der Waals surface area contributed by atoms with E-state index in [1.165, 1.54) is 12.7 Å². The lowest BCUT2D eigenvalue weighted by Gasteiger charge is -2.38. The summed E-state index contributed by atoms with van der Waals surface area (Å²) in [7, 11) is 1.47. The van der Waals surface area contributed by atoms with Crippen LogP contribution >= 0.6 is 0 Å². The van der Waals surface area contributed by atoms with Crippen molar-refractivity contribution in [3.8, 4) is 11.5 Å². The van der Waals surface area contributed by atoms with Gasteiger partial charge in [0.25, 0.3) is 11.8 Å². The van der Waals surface area contributed by atoms with Crippen LogP contribution in [0.2, 0.25) is 0 Å². The summed E-state index contributed by atoms with van der Waals surface area (Å²) in [6.07, 6.45) is 0. The number of hydrogen-bond acceptors (Lipinski definition) is 5. The van der Waals surface area contributed by atoms with Gasteiger partial charge >= 0.3 is 0 Å². The van der Waals surface area contributed by atoms with Gasteiger partial charge in [0.2, 0.25) is 0 Å². The number of carbonyl (C=O) groups excluding carboxylic acids is 2. The molecule has 7 heteroatoms. The molecule has 3 rings (SSSR count). The van der Waals surface area contributed by atoms with Gasteiger partial charge in [-0.1, -0.05) is 36.4 Å². The van der Waals surface area contributed by atoms with Gasteiger partial charge in [-0.3, -0.25) is 14.5 Å². The molecule has 0 aliphatic carbocycles. The van der Waals surface area contributed by atoms with Crippen molar-refractivity contribution >= 4 is 11.8 Å². The van der Waals surface area contributed by atoms with Gasteiger partial charge in [0.1, 0.15) is 0 Å². The van der Waals surface area contributed by atoms with Crippen LogP contribution in [0.1, 0.15) is 28.9 Å². The molecule has 1 heterocycles. The fraction of sp³-hybridized carbons (Fsp3) is 0.364. The lowest BCUT2D eigenvalue weighted by atomic mass is 10.1. The molecule has 1 aliphatic rings. The SMILES string of the molecule is COc1cccc(C(N)=O)c1OCC(=O)N1CCN(C(C)c2ccccc2)CC1. The maximum atomic E-state index is 12.6. The lowest BCUT2D eigenvalue weighted by molar-refractivity contribution is -0.135. The van der Waals surface area contributed by atoms with Crippen molar-refractivity contribution in [1.29, 1.82) is 0 Å². The fourth-order valence-electron chi connectivity index (χ4n) is 3.55. The summed E-state index contributed by atoms with van der Waals surface area (Å²) in [5, 5.41) is 0. The van der Waals surface area contributed by atoms with E-state index in [1.807, 2.05) is 18.2 Å². The highest BCUT2D eigenvalue weighted by Crippen LogP contribution is 2.31. The minimum absolute atomic E-state index is 0.127. The molecule has 1 aliphatic heterocycles. The van der Waals surface area contributed by atoms with Crippen LogP contribution < -0.4 is 15.2 Å². The molecular formula is C22H27N3O4. The molecule has 7 nitrogen and oxygen atoms in total. The quantitative estimate of drug-likeness (QED) is 0.773. The number of carbonyl (C=O) groups is 2. The Bertz CT molecular complexity index is 848. The maximum absolute atomic E-state index is 12.6. The molecule has 29 heavy (non-hydrogen) atoms. The Balaban J connectivity index is 1.56. The highest BCUT2D eigenvalue weighted by molar-refractivity contribution is 5.96. The first-order valence-electron chi connectivity index (χ1n) is 9.67. The molecule has 0 spiro atoms. The number of hydrogen-bond donors (Lipinski definition) is 1. The summed E-state index contributed by atoms with van der Waals surface area (Å²) in [5.41, 5.74) is 6.87. The second-order valence-electron chi connectivity index (χ2n) is 6.99. The van der Waals surface area contributed by atoms with Crippen molar-refractivity contribution in [3.05, 3.63) is 59.7 Å². The predicted octanol–water partition coefficient (Wildman–Crippen LogP) is 2.08. The monoisotopic (exact) mass is 397 g/mol. The largest absolute Gasteiger partial charge is 0.493 e. The first-order valence-corrected chi connectivity index (χ1v) is 9.67. The number of amides is 2. The Labute approximate surface area is 171 Å². The van der Waals surface area contributed by atoms with E-state index in [-0.39, 0.29) is 23.8 Å². The molecule has 1 unspecified atom stereocenters. The van der Waals surface area contributed by atoms with E-state index < -0.39 is 5.91 Å². The van der Waals surface area contributed by atoms with E-state index in [0.717, 1.165) is 13.1 Å². The number of ether oxygens (including phenoxy) is 2. The predicted molar refractivity (Wildman–Crippen MR) is 110 cm³/mol. The standard InChI is InChI=1S/C22H27N3O4/c1-16(17-7-4-3-5-8-17)24-11-13-25(14-12-24)20(26)15-29-21-18(22(23)27)9-6-10-19(21)28-2/h3-10,16H,11-15H2,1-2H3,(H2,23,27). The first kappa shape index (κ1) is 20.7. The highest BCUT2D eigenvalue weighted by Gasteiger charge is 2.25. The van der Waals surface area contributed by atoms with Crippen LogP contribution in [0, 0.1) is 0 Å². The van der Waals surface area contributed by atoms with Crippen molar-refractivity contribution in [2.45, 2.75) is 13.0 Å². The van der Waals surface area contributed by atoms with Crippen molar-refractivity contribution in [1.82, 2.24) is 9.80 Å². The van der Waals surface area contributed by atoms with Crippen LogP contribution in [-0.4, -0.2) is 61.5 Å². The smallest absolute Gasteiger partial charge is 0.260 e. The molecule has 2 amide bonds. The van der Waals surface area contributed by atoms with Gasteiger partial charge in [0, 0.05) is 32.2 Å². The van der Waals surface area contributed by atoms with E-state index in [2.05, 4.69) is 24.0 Å². The summed E-state index contributed by atoms with van der Waals surface area (Å²) >= 11 is 0. The normalized spacial score (nSPS) is 15.6. The van der Waals surface area contributed by atoms with Crippen molar-refractivity contribution in [3.63, 3.8) is 0 Å². The average Bonchev–Trinajstić information content (AvgIpc) is 2.77. The summed E-state index contributed by atoms with van der Waals surface area (Å²) in [5.74, 6) is -0.184. The Hall–Kier alpha value is -3.06. The lowest BCUT2D eigenvalue weighted by Crippen LogP contribution is -2.50. The Morgan fingerprint density at radius 3 is 2.34 bits per heavy atom. The molecule has 1 fully saturated rings. The zero-order valence-electron chi connectivity index (χ0n) is 16.8. The van der Waals surface area contributed by atoms with Gasteiger partial charge in [0.15, 0.2) is 18.1 Å². The van der Waals surface area contributed by atoms with Crippen molar-refractivity contribution in [2.24, 2.45) is 5.73 Å². The van der Waals surface area contributed by atoms with Gasteiger partial charge in [0.05, 0.1) is 12.7 Å². The topological polar surface area (TPSA) is 85.1 Å². The van der Waals surface area contributed by atoms with Gasteiger partial charge in [-0.25, -0.2) is 0 Å². The number of primary amides is 1. The van der Waals surface area contributed by atoms with E-state index >= 15 is 0 Å². The molecule has 2 aromatic rings. The van der Waals surface area contributed by atoms with Crippen LogP contribution in [0.25, 0.3) is 0 Å². The summed E-state index contributed by atoms with van der Waals surface area (Å²) in [6.45, 7) is 4.87. The van der Waals surface area contributed by atoms with E-state index in [0.29, 0.717) is 24.9 Å². The second kappa shape index (κ2) is 9.43. The number of piperazine rings is 1. The van der Waals surface area contributed by atoms with E-state index in [4.69, 9.17) is 15.2 Å². The highest BCUT2D eigenvalue weighted by atomic mass is 16.5. The second-order valence-corrected chi connectivity index (χ2v) is 6.99. The van der Waals surface area contributed by atoms with Crippen LogP contribution in [0.15, 0.2) is 48.5 Å². The Kier molecular flexibility index (Phi) is 6.72.